The number of hydrogen-bond acceptors (Lipinski definition) is 4. The third-order valence-corrected chi connectivity index (χ3v) is 3.64. The molecule has 1 aromatic heterocycles. The van der Waals surface area contributed by atoms with Gasteiger partial charge in [0.25, 0.3) is 0 Å². The fourth-order valence-electron chi connectivity index (χ4n) is 2.58. The van der Waals surface area contributed by atoms with Crippen molar-refractivity contribution in [3.8, 4) is 0 Å². The third kappa shape index (κ3) is 4.30. The lowest BCUT2D eigenvalue weighted by Gasteiger charge is -2.26. The Morgan fingerprint density at radius 1 is 1.30 bits per heavy atom. The fourth-order valence-corrected chi connectivity index (χ4v) is 2.58. The van der Waals surface area contributed by atoms with Crippen molar-refractivity contribution in [3.05, 3.63) is 17.5 Å². The highest BCUT2D eigenvalue weighted by Gasteiger charge is 2.21. The number of rotatable bonds is 5. The number of nitrogens with one attached hydrogen (secondary N) is 1. The lowest BCUT2D eigenvalue weighted by Crippen LogP contribution is -2.40. The Morgan fingerprint density at radius 3 is 2.65 bits per heavy atom. The zero-order valence-electron chi connectivity index (χ0n) is 13.3. The Kier molecular flexibility index (Phi) is 5.18. The van der Waals surface area contributed by atoms with E-state index in [0.717, 1.165) is 45.9 Å². The van der Waals surface area contributed by atoms with Crippen LogP contribution in [0.25, 0.3) is 0 Å². The lowest BCUT2D eigenvalue weighted by molar-refractivity contribution is 0.0384. The largest absolute Gasteiger partial charge is 0.379 e. The number of hydrogen-bond donors (Lipinski definition) is 1. The second kappa shape index (κ2) is 6.70. The second-order valence-electron chi connectivity index (χ2n) is 6.56. The molecule has 0 unspecified atom stereocenters. The van der Waals surface area contributed by atoms with Gasteiger partial charge in [0.2, 0.25) is 0 Å². The van der Waals surface area contributed by atoms with Crippen LogP contribution in [0.3, 0.4) is 0 Å². The van der Waals surface area contributed by atoms with Crippen LogP contribution in [0.1, 0.15) is 32.0 Å². The van der Waals surface area contributed by atoms with Crippen LogP contribution in [0.2, 0.25) is 0 Å². The van der Waals surface area contributed by atoms with Gasteiger partial charge in [-0.2, -0.15) is 5.10 Å². The summed E-state index contributed by atoms with van der Waals surface area (Å²) >= 11 is 0. The molecule has 0 aliphatic carbocycles. The van der Waals surface area contributed by atoms with Gasteiger partial charge < -0.3 is 10.1 Å². The van der Waals surface area contributed by atoms with Crippen molar-refractivity contribution in [2.45, 2.75) is 32.7 Å². The molecule has 0 radical (unpaired) electrons. The van der Waals surface area contributed by atoms with Gasteiger partial charge in [0.05, 0.1) is 18.9 Å². The number of nitrogens with zero attached hydrogens (tertiary/aromatic N) is 3. The molecule has 1 N–H and O–H groups in total. The highest BCUT2D eigenvalue weighted by Crippen LogP contribution is 2.23. The molecular formula is C15H28N4O. The van der Waals surface area contributed by atoms with Gasteiger partial charge in [-0.3, -0.25) is 9.58 Å². The predicted octanol–water partition coefficient (Wildman–Crippen LogP) is 1.14. The van der Waals surface area contributed by atoms with Crippen molar-refractivity contribution in [3.63, 3.8) is 0 Å². The molecule has 5 heteroatoms. The lowest BCUT2D eigenvalue weighted by atomic mass is 9.89. The Labute approximate surface area is 122 Å². The molecule has 1 saturated heterocycles. The van der Waals surface area contributed by atoms with Gasteiger partial charge in [0.15, 0.2) is 0 Å². The molecule has 0 saturated carbocycles. The first-order chi connectivity index (χ1) is 9.47. The van der Waals surface area contributed by atoms with E-state index in [1.807, 2.05) is 11.7 Å². The van der Waals surface area contributed by atoms with E-state index in [-0.39, 0.29) is 5.41 Å². The van der Waals surface area contributed by atoms with E-state index < -0.39 is 0 Å². The third-order valence-electron chi connectivity index (χ3n) is 3.64. The van der Waals surface area contributed by atoms with Crippen molar-refractivity contribution in [1.82, 2.24) is 20.0 Å². The number of aromatic nitrogens is 2. The van der Waals surface area contributed by atoms with Gasteiger partial charge in [-0.1, -0.05) is 20.8 Å². The van der Waals surface area contributed by atoms with E-state index in [0.29, 0.717) is 0 Å². The molecule has 1 aromatic rings. The fraction of sp³-hybridized carbons (Fsp3) is 0.800. The molecule has 1 fully saturated rings. The van der Waals surface area contributed by atoms with Crippen LogP contribution in [0.4, 0.5) is 0 Å². The molecule has 0 bridgehead atoms. The monoisotopic (exact) mass is 280 g/mol. The molecule has 0 aromatic carbocycles. The van der Waals surface area contributed by atoms with Crippen molar-refractivity contribution in [2.24, 2.45) is 7.05 Å². The van der Waals surface area contributed by atoms with Gasteiger partial charge >= 0.3 is 0 Å². The molecule has 2 heterocycles. The normalized spacial score (nSPS) is 17.6. The van der Waals surface area contributed by atoms with E-state index in [9.17, 15) is 0 Å². The molecule has 1 aliphatic heterocycles. The summed E-state index contributed by atoms with van der Waals surface area (Å²) in [5.41, 5.74) is 2.60. The summed E-state index contributed by atoms with van der Waals surface area (Å²) in [5.74, 6) is 0. The van der Waals surface area contributed by atoms with E-state index >= 15 is 0 Å². The van der Waals surface area contributed by atoms with Crippen LogP contribution in [0.15, 0.2) is 6.20 Å². The van der Waals surface area contributed by atoms with Crippen LogP contribution in [0, 0.1) is 0 Å². The zero-order chi connectivity index (χ0) is 14.6. The number of ether oxygens (including phenoxy) is 1. The molecule has 2 rings (SSSR count). The summed E-state index contributed by atoms with van der Waals surface area (Å²) in [5, 5.41) is 8.14. The first-order valence-electron chi connectivity index (χ1n) is 7.50. The quantitative estimate of drug-likeness (QED) is 0.821. The zero-order valence-corrected chi connectivity index (χ0v) is 13.3. The second-order valence-corrected chi connectivity index (χ2v) is 6.56. The standard InChI is InChI=1S/C15H28N4O/c1-15(2,3)14-13(12-18(4)17-14)11-16-5-6-19-7-9-20-10-8-19/h12,16H,5-11H2,1-4H3. The van der Waals surface area contributed by atoms with Crippen molar-refractivity contribution >= 4 is 0 Å². The summed E-state index contributed by atoms with van der Waals surface area (Å²) in [6, 6.07) is 0. The minimum absolute atomic E-state index is 0.0997. The molecule has 5 nitrogen and oxygen atoms in total. The molecule has 20 heavy (non-hydrogen) atoms. The van der Waals surface area contributed by atoms with E-state index in [4.69, 9.17) is 4.74 Å². The predicted molar refractivity (Wildman–Crippen MR) is 80.9 cm³/mol. The van der Waals surface area contributed by atoms with Gasteiger partial charge in [0, 0.05) is 56.9 Å². The Hall–Kier alpha value is -0.910. The summed E-state index contributed by atoms with van der Waals surface area (Å²) in [7, 11) is 1.99. The first-order valence-corrected chi connectivity index (χ1v) is 7.50. The Balaban J connectivity index is 1.79. The summed E-state index contributed by atoms with van der Waals surface area (Å²) in [6.45, 7) is 13.5. The van der Waals surface area contributed by atoms with Crippen molar-refractivity contribution in [1.29, 1.82) is 0 Å². The average Bonchev–Trinajstić information content (AvgIpc) is 2.77. The van der Waals surface area contributed by atoms with E-state index in [2.05, 4.69) is 42.3 Å². The number of aryl methyl sites for hydroxylation is 1. The summed E-state index contributed by atoms with van der Waals surface area (Å²) in [4.78, 5) is 2.45. The Morgan fingerprint density at radius 2 is 2.00 bits per heavy atom. The molecule has 114 valence electrons. The van der Waals surface area contributed by atoms with Gasteiger partial charge in [-0.05, 0) is 0 Å². The molecule has 1 aliphatic rings. The maximum absolute atomic E-state index is 5.36. The molecular weight excluding hydrogens is 252 g/mol. The summed E-state index contributed by atoms with van der Waals surface area (Å²) in [6.07, 6.45) is 2.13. The van der Waals surface area contributed by atoms with E-state index in [1.165, 1.54) is 11.3 Å². The minimum Gasteiger partial charge on any atom is -0.379 e. The average molecular weight is 280 g/mol. The topological polar surface area (TPSA) is 42.3 Å². The summed E-state index contributed by atoms with van der Waals surface area (Å²) < 4.78 is 7.27. The van der Waals surface area contributed by atoms with Crippen LogP contribution in [-0.2, 0) is 23.7 Å². The van der Waals surface area contributed by atoms with E-state index in [1.54, 1.807) is 0 Å². The van der Waals surface area contributed by atoms with Gasteiger partial charge in [0.1, 0.15) is 0 Å². The maximum atomic E-state index is 5.36. The molecule has 0 atom stereocenters. The number of morpholine rings is 1. The van der Waals surface area contributed by atoms with Crippen LogP contribution < -0.4 is 5.32 Å². The molecule has 0 spiro atoms. The molecule has 0 amide bonds. The maximum Gasteiger partial charge on any atom is 0.0722 e. The smallest absolute Gasteiger partial charge is 0.0722 e. The van der Waals surface area contributed by atoms with Crippen molar-refractivity contribution < 1.29 is 4.74 Å². The minimum atomic E-state index is 0.0997. The highest BCUT2D eigenvalue weighted by molar-refractivity contribution is 5.23. The first kappa shape index (κ1) is 15.5. The SMILES string of the molecule is Cn1cc(CNCCN2CCOCC2)c(C(C)(C)C)n1. The van der Waals surface area contributed by atoms with Gasteiger partial charge in [-0.15, -0.1) is 0 Å². The van der Waals surface area contributed by atoms with Crippen molar-refractivity contribution in [2.75, 3.05) is 39.4 Å². The van der Waals surface area contributed by atoms with Crippen LogP contribution in [0.5, 0.6) is 0 Å². The van der Waals surface area contributed by atoms with Crippen LogP contribution >= 0.6 is 0 Å². The van der Waals surface area contributed by atoms with Gasteiger partial charge in [-0.25, -0.2) is 0 Å². The highest BCUT2D eigenvalue weighted by atomic mass is 16.5. The van der Waals surface area contributed by atoms with Crippen LogP contribution in [-0.4, -0.2) is 54.1 Å². The Bertz CT molecular complexity index is 416.